The Bertz CT molecular complexity index is 609. The number of amides is 1. The molecule has 1 aromatic carbocycles. The maximum absolute atomic E-state index is 10.1. The summed E-state index contributed by atoms with van der Waals surface area (Å²) in [6.07, 6.45) is 4.11. The molecule has 2 rings (SSSR count). The zero-order valence-electron chi connectivity index (χ0n) is 12.2. The standard InChI is InChI=1S/C9H11NO.C8H7BrO/c1-7-3-4-8(2)9(5-7)10-6-11;9-6-2-1-4-8-5-3-7-10-8/h3-6H,1-2H3,(H,10,11);3,5,7H,1,4H2. The van der Waals surface area contributed by atoms with Crippen LogP contribution in [0.5, 0.6) is 0 Å². The van der Waals surface area contributed by atoms with Gasteiger partial charge in [-0.1, -0.05) is 18.1 Å². The fourth-order valence-electron chi connectivity index (χ4n) is 1.64. The van der Waals surface area contributed by atoms with Gasteiger partial charge in [0, 0.05) is 34.5 Å². The van der Waals surface area contributed by atoms with Gasteiger partial charge in [-0.2, -0.15) is 0 Å². The van der Waals surface area contributed by atoms with Crippen molar-refractivity contribution < 1.29 is 9.21 Å². The van der Waals surface area contributed by atoms with Crippen molar-refractivity contribution in [2.45, 2.75) is 26.7 Å². The number of benzene rings is 1. The summed E-state index contributed by atoms with van der Waals surface area (Å²) < 4.78 is 5.10. The average molecular weight is 348 g/mol. The average Bonchev–Trinajstić information content (AvgIpc) is 2.98. The zero-order valence-corrected chi connectivity index (χ0v) is 13.7. The molecule has 0 spiro atoms. The number of hydrogen-bond donors (Lipinski definition) is 1. The van der Waals surface area contributed by atoms with E-state index in [1.165, 1.54) is 0 Å². The lowest BCUT2D eigenvalue weighted by molar-refractivity contribution is -0.105. The summed E-state index contributed by atoms with van der Waals surface area (Å²) in [4.78, 5) is 12.8. The second-order valence-corrected chi connectivity index (χ2v) is 4.83. The molecule has 0 saturated carbocycles. The molecular weight excluding hydrogens is 330 g/mol. The van der Waals surface area contributed by atoms with Gasteiger partial charge < -0.3 is 9.73 Å². The summed E-state index contributed by atoms with van der Waals surface area (Å²) in [6.45, 7) is 3.96. The molecule has 1 aromatic heterocycles. The molecule has 1 amide bonds. The lowest BCUT2D eigenvalue weighted by atomic mass is 10.1. The van der Waals surface area contributed by atoms with Gasteiger partial charge >= 0.3 is 0 Å². The predicted octanol–water partition coefficient (Wildman–Crippen LogP) is 4.44. The molecule has 1 heterocycles. The van der Waals surface area contributed by atoms with E-state index < -0.39 is 0 Å². The van der Waals surface area contributed by atoms with Gasteiger partial charge in [0.15, 0.2) is 0 Å². The first kappa shape index (κ1) is 17.1. The van der Waals surface area contributed by atoms with E-state index in [0.29, 0.717) is 6.41 Å². The highest BCUT2D eigenvalue weighted by Gasteiger charge is 1.95. The molecule has 0 bridgehead atoms. The van der Waals surface area contributed by atoms with Crippen LogP contribution < -0.4 is 5.32 Å². The van der Waals surface area contributed by atoms with Crippen molar-refractivity contribution in [3.8, 4) is 10.8 Å². The van der Waals surface area contributed by atoms with E-state index in [4.69, 9.17) is 4.42 Å². The third kappa shape index (κ3) is 6.82. The Morgan fingerprint density at radius 1 is 1.33 bits per heavy atom. The highest BCUT2D eigenvalue weighted by atomic mass is 79.9. The zero-order chi connectivity index (χ0) is 15.5. The lowest BCUT2D eigenvalue weighted by Crippen LogP contribution is -1.96. The van der Waals surface area contributed by atoms with E-state index in [1.54, 1.807) is 6.26 Å². The van der Waals surface area contributed by atoms with Gasteiger partial charge in [0.25, 0.3) is 0 Å². The molecule has 0 fully saturated rings. The van der Waals surface area contributed by atoms with Crippen LogP contribution in [0, 0.1) is 24.6 Å². The minimum atomic E-state index is 0.696. The SMILES string of the molecule is BrC#CCCc1ccco1.Cc1ccc(C)c(NC=O)c1. The first-order valence-corrected chi connectivity index (χ1v) is 7.35. The van der Waals surface area contributed by atoms with Gasteiger partial charge in [-0.15, -0.1) is 0 Å². The number of halogens is 1. The fraction of sp³-hybridized carbons (Fsp3) is 0.235. The second kappa shape index (κ2) is 9.84. The minimum Gasteiger partial charge on any atom is -0.469 e. The van der Waals surface area contributed by atoms with Crippen LogP contribution in [-0.2, 0) is 11.2 Å². The van der Waals surface area contributed by atoms with Crippen LogP contribution in [0.25, 0.3) is 0 Å². The number of nitrogens with one attached hydrogen (secondary N) is 1. The van der Waals surface area contributed by atoms with Crippen molar-refractivity contribution in [3.05, 3.63) is 53.5 Å². The lowest BCUT2D eigenvalue weighted by Gasteiger charge is -2.03. The predicted molar refractivity (Wildman–Crippen MR) is 89.3 cm³/mol. The van der Waals surface area contributed by atoms with Crippen LogP contribution in [0.15, 0.2) is 41.0 Å². The Kier molecular flexibility index (Phi) is 8.00. The summed E-state index contributed by atoms with van der Waals surface area (Å²) >= 11 is 3.02. The van der Waals surface area contributed by atoms with E-state index in [0.717, 1.165) is 35.4 Å². The van der Waals surface area contributed by atoms with Gasteiger partial charge in [-0.3, -0.25) is 4.79 Å². The van der Waals surface area contributed by atoms with Crippen molar-refractivity contribution in [3.63, 3.8) is 0 Å². The largest absolute Gasteiger partial charge is 0.469 e. The number of rotatable bonds is 4. The van der Waals surface area contributed by atoms with Crippen molar-refractivity contribution in [1.82, 2.24) is 0 Å². The van der Waals surface area contributed by atoms with Gasteiger partial charge in [0.2, 0.25) is 6.41 Å². The number of carbonyl (C=O) groups excluding carboxylic acids is 1. The van der Waals surface area contributed by atoms with E-state index in [-0.39, 0.29) is 0 Å². The number of anilines is 1. The molecule has 0 aliphatic rings. The van der Waals surface area contributed by atoms with E-state index in [9.17, 15) is 4.79 Å². The van der Waals surface area contributed by atoms with Gasteiger partial charge in [0.05, 0.1) is 6.26 Å². The molecule has 0 saturated heterocycles. The Labute approximate surface area is 133 Å². The van der Waals surface area contributed by atoms with Crippen molar-refractivity contribution in [1.29, 1.82) is 0 Å². The summed E-state index contributed by atoms with van der Waals surface area (Å²) in [5.74, 6) is 3.89. The highest BCUT2D eigenvalue weighted by molar-refractivity contribution is 9.12. The molecular formula is C17H18BrNO2. The molecule has 3 nitrogen and oxygen atoms in total. The third-order valence-electron chi connectivity index (χ3n) is 2.75. The van der Waals surface area contributed by atoms with Crippen LogP contribution in [0.2, 0.25) is 0 Å². The van der Waals surface area contributed by atoms with E-state index >= 15 is 0 Å². The van der Waals surface area contributed by atoms with Crippen LogP contribution in [0.4, 0.5) is 5.69 Å². The van der Waals surface area contributed by atoms with Crippen LogP contribution in [0.1, 0.15) is 23.3 Å². The van der Waals surface area contributed by atoms with Crippen molar-refractivity contribution >= 4 is 28.0 Å². The second-order valence-electron chi connectivity index (χ2n) is 4.43. The molecule has 0 atom stereocenters. The smallest absolute Gasteiger partial charge is 0.211 e. The molecule has 0 radical (unpaired) electrons. The topological polar surface area (TPSA) is 42.2 Å². The molecule has 2 aromatic rings. The van der Waals surface area contributed by atoms with Crippen molar-refractivity contribution in [2.75, 3.05) is 5.32 Å². The molecule has 1 N–H and O–H groups in total. The maximum Gasteiger partial charge on any atom is 0.211 e. The maximum atomic E-state index is 10.1. The van der Waals surface area contributed by atoms with E-state index in [2.05, 4.69) is 32.0 Å². The third-order valence-corrected chi connectivity index (χ3v) is 3.03. The Morgan fingerprint density at radius 3 is 2.76 bits per heavy atom. The monoisotopic (exact) mass is 347 g/mol. The molecule has 0 aliphatic heterocycles. The Morgan fingerprint density at radius 2 is 2.14 bits per heavy atom. The minimum absolute atomic E-state index is 0.696. The summed E-state index contributed by atoms with van der Waals surface area (Å²) in [5, 5.41) is 2.64. The summed E-state index contributed by atoms with van der Waals surface area (Å²) in [5.41, 5.74) is 3.13. The summed E-state index contributed by atoms with van der Waals surface area (Å²) in [6, 6.07) is 9.79. The van der Waals surface area contributed by atoms with Gasteiger partial charge in [-0.05, 0) is 48.0 Å². The Hall–Kier alpha value is -1.99. The van der Waals surface area contributed by atoms with Crippen molar-refractivity contribution in [2.24, 2.45) is 0 Å². The molecule has 110 valence electrons. The molecule has 0 aliphatic carbocycles. The first-order valence-electron chi connectivity index (χ1n) is 6.55. The fourth-order valence-corrected chi connectivity index (χ4v) is 1.84. The quantitative estimate of drug-likeness (QED) is 0.656. The Balaban J connectivity index is 0.000000211. The van der Waals surface area contributed by atoms with Gasteiger partial charge in [0.1, 0.15) is 5.76 Å². The van der Waals surface area contributed by atoms with E-state index in [1.807, 2.05) is 44.2 Å². The summed E-state index contributed by atoms with van der Waals surface area (Å²) in [7, 11) is 0. The number of aryl methyl sites for hydroxylation is 3. The molecule has 0 unspecified atom stereocenters. The number of furan rings is 1. The van der Waals surface area contributed by atoms with Crippen LogP contribution in [-0.4, -0.2) is 6.41 Å². The number of carbonyl (C=O) groups is 1. The van der Waals surface area contributed by atoms with Crippen LogP contribution >= 0.6 is 15.9 Å². The van der Waals surface area contributed by atoms with Crippen LogP contribution in [0.3, 0.4) is 0 Å². The molecule has 21 heavy (non-hydrogen) atoms. The normalized spacial score (nSPS) is 8.90. The highest BCUT2D eigenvalue weighted by Crippen LogP contribution is 2.14. The molecule has 4 heteroatoms. The van der Waals surface area contributed by atoms with Gasteiger partial charge in [-0.25, -0.2) is 0 Å². The number of hydrogen-bond acceptors (Lipinski definition) is 2. The first-order chi connectivity index (χ1) is 10.2.